The molecule has 1 unspecified atom stereocenters. The molecule has 1 aliphatic heterocycles. The minimum atomic E-state index is 0.00911. The molecule has 1 atom stereocenters. The van der Waals surface area contributed by atoms with Crippen LogP contribution in [0.1, 0.15) is 22.7 Å². The van der Waals surface area contributed by atoms with Crippen molar-refractivity contribution < 1.29 is 4.79 Å². The highest BCUT2D eigenvalue weighted by Gasteiger charge is 2.29. The van der Waals surface area contributed by atoms with Crippen LogP contribution in [0.25, 0.3) is 11.4 Å². The van der Waals surface area contributed by atoms with Gasteiger partial charge < -0.3 is 14.0 Å². The number of carbonyl (C=O) groups is 1. The predicted octanol–water partition coefficient (Wildman–Crippen LogP) is 2.15. The van der Waals surface area contributed by atoms with Crippen molar-refractivity contribution in [1.29, 1.82) is 0 Å². The van der Waals surface area contributed by atoms with Crippen molar-refractivity contribution in [2.24, 2.45) is 13.0 Å². The van der Waals surface area contributed by atoms with Crippen molar-refractivity contribution in [2.75, 3.05) is 13.1 Å². The van der Waals surface area contributed by atoms with Crippen molar-refractivity contribution in [1.82, 2.24) is 29.0 Å². The van der Waals surface area contributed by atoms with Crippen LogP contribution in [0.3, 0.4) is 0 Å². The number of aryl methyl sites for hydroxylation is 2. The Hall–Kier alpha value is -2.96. The largest absolute Gasteiger partial charge is 0.336 e. The van der Waals surface area contributed by atoms with Crippen LogP contribution in [-0.4, -0.2) is 48.0 Å². The number of rotatable bonds is 4. The summed E-state index contributed by atoms with van der Waals surface area (Å²) in [5, 5.41) is 0. The van der Waals surface area contributed by atoms with Crippen LogP contribution in [0, 0.1) is 12.8 Å². The SMILES string of the molecule is Cc1cnc(-c2cccnc2)n1CC1CCN(C(=O)c2nccn2C)C1. The number of hydrogen-bond acceptors (Lipinski definition) is 4. The maximum Gasteiger partial charge on any atom is 0.289 e. The summed E-state index contributed by atoms with van der Waals surface area (Å²) in [5.41, 5.74) is 2.14. The average molecular weight is 350 g/mol. The summed E-state index contributed by atoms with van der Waals surface area (Å²) in [6.45, 7) is 4.43. The van der Waals surface area contributed by atoms with Crippen LogP contribution < -0.4 is 0 Å². The van der Waals surface area contributed by atoms with E-state index in [4.69, 9.17) is 0 Å². The van der Waals surface area contributed by atoms with E-state index in [1.54, 1.807) is 23.2 Å². The minimum Gasteiger partial charge on any atom is -0.336 e. The Morgan fingerprint density at radius 1 is 1.27 bits per heavy atom. The molecule has 7 heteroatoms. The Kier molecular flexibility index (Phi) is 4.28. The maximum atomic E-state index is 12.6. The highest BCUT2D eigenvalue weighted by molar-refractivity contribution is 5.91. The highest BCUT2D eigenvalue weighted by Crippen LogP contribution is 2.24. The van der Waals surface area contributed by atoms with Gasteiger partial charge in [0.2, 0.25) is 0 Å². The second kappa shape index (κ2) is 6.74. The summed E-state index contributed by atoms with van der Waals surface area (Å²) in [6.07, 6.45) is 9.95. The maximum absolute atomic E-state index is 12.6. The molecule has 0 radical (unpaired) electrons. The molecule has 0 N–H and O–H groups in total. The van der Waals surface area contributed by atoms with Crippen LogP contribution in [-0.2, 0) is 13.6 Å². The monoisotopic (exact) mass is 350 g/mol. The van der Waals surface area contributed by atoms with Crippen molar-refractivity contribution in [3.05, 3.63) is 54.6 Å². The first-order valence-electron chi connectivity index (χ1n) is 8.82. The van der Waals surface area contributed by atoms with Gasteiger partial charge in [-0.25, -0.2) is 9.97 Å². The molecule has 1 amide bonds. The van der Waals surface area contributed by atoms with Crippen molar-refractivity contribution in [2.45, 2.75) is 19.9 Å². The Balaban J connectivity index is 1.49. The molecule has 26 heavy (non-hydrogen) atoms. The van der Waals surface area contributed by atoms with Crippen LogP contribution in [0.15, 0.2) is 43.1 Å². The first kappa shape index (κ1) is 16.5. The molecule has 0 bridgehead atoms. The Labute approximate surface area is 152 Å². The Morgan fingerprint density at radius 2 is 2.15 bits per heavy atom. The van der Waals surface area contributed by atoms with Crippen LogP contribution >= 0.6 is 0 Å². The van der Waals surface area contributed by atoms with E-state index in [9.17, 15) is 4.79 Å². The Bertz CT molecular complexity index is 913. The number of amides is 1. The fourth-order valence-corrected chi connectivity index (χ4v) is 3.55. The molecule has 0 aliphatic carbocycles. The van der Waals surface area contributed by atoms with Crippen LogP contribution in [0.5, 0.6) is 0 Å². The molecule has 1 aliphatic rings. The third-order valence-corrected chi connectivity index (χ3v) is 5.00. The quantitative estimate of drug-likeness (QED) is 0.723. The van der Waals surface area contributed by atoms with E-state index >= 15 is 0 Å². The van der Waals surface area contributed by atoms with E-state index in [-0.39, 0.29) is 5.91 Å². The third-order valence-electron chi connectivity index (χ3n) is 5.00. The topological polar surface area (TPSA) is 68.8 Å². The normalized spacial score (nSPS) is 17.0. The van der Waals surface area contributed by atoms with Gasteiger partial charge >= 0.3 is 0 Å². The summed E-state index contributed by atoms with van der Waals surface area (Å²) in [7, 11) is 1.85. The van der Waals surface area contributed by atoms with Gasteiger partial charge in [0.15, 0.2) is 5.82 Å². The molecule has 3 aromatic heterocycles. The number of nitrogens with zero attached hydrogens (tertiary/aromatic N) is 6. The smallest absolute Gasteiger partial charge is 0.289 e. The summed E-state index contributed by atoms with van der Waals surface area (Å²) in [4.78, 5) is 27.5. The molecular weight excluding hydrogens is 328 g/mol. The molecule has 7 nitrogen and oxygen atoms in total. The van der Waals surface area contributed by atoms with E-state index in [0.29, 0.717) is 11.7 Å². The number of imidazole rings is 2. The molecule has 0 spiro atoms. The number of carbonyl (C=O) groups excluding carboxylic acids is 1. The molecular formula is C19H22N6O. The second-order valence-electron chi connectivity index (χ2n) is 6.84. The van der Waals surface area contributed by atoms with E-state index in [2.05, 4.69) is 26.4 Å². The van der Waals surface area contributed by atoms with Gasteiger partial charge in [-0.05, 0) is 31.4 Å². The average Bonchev–Trinajstić information content (AvgIpc) is 3.37. The summed E-state index contributed by atoms with van der Waals surface area (Å²) in [6, 6.07) is 3.95. The van der Waals surface area contributed by atoms with Gasteiger partial charge in [0.1, 0.15) is 5.82 Å². The highest BCUT2D eigenvalue weighted by atomic mass is 16.2. The molecule has 0 saturated carbocycles. The number of pyridine rings is 1. The summed E-state index contributed by atoms with van der Waals surface area (Å²) >= 11 is 0. The predicted molar refractivity (Wildman–Crippen MR) is 97.4 cm³/mol. The lowest BCUT2D eigenvalue weighted by atomic mass is 10.1. The molecule has 0 aromatic carbocycles. The van der Waals surface area contributed by atoms with Gasteiger partial charge in [0.05, 0.1) is 0 Å². The lowest BCUT2D eigenvalue weighted by molar-refractivity contribution is 0.0770. The van der Waals surface area contributed by atoms with Crippen molar-refractivity contribution in [3.8, 4) is 11.4 Å². The van der Waals surface area contributed by atoms with Gasteiger partial charge in [-0.15, -0.1) is 0 Å². The fourth-order valence-electron chi connectivity index (χ4n) is 3.55. The molecule has 4 heterocycles. The minimum absolute atomic E-state index is 0.00911. The zero-order valence-electron chi connectivity index (χ0n) is 15.0. The van der Waals surface area contributed by atoms with Gasteiger partial charge in [0.25, 0.3) is 5.91 Å². The summed E-state index contributed by atoms with van der Waals surface area (Å²) < 4.78 is 4.01. The fraction of sp³-hybridized carbons (Fsp3) is 0.368. The molecule has 1 saturated heterocycles. The van der Waals surface area contributed by atoms with Crippen LogP contribution in [0.4, 0.5) is 0 Å². The molecule has 3 aromatic rings. The molecule has 4 rings (SSSR count). The first-order valence-corrected chi connectivity index (χ1v) is 8.82. The number of hydrogen-bond donors (Lipinski definition) is 0. The van der Waals surface area contributed by atoms with Crippen LogP contribution in [0.2, 0.25) is 0 Å². The van der Waals surface area contributed by atoms with E-state index in [1.807, 2.05) is 36.5 Å². The third kappa shape index (κ3) is 3.00. The van der Waals surface area contributed by atoms with Crippen molar-refractivity contribution >= 4 is 5.91 Å². The van der Waals surface area contributed by atoms with E-state index in [1.165, 1.54) is 0 Å². The van der Waals surface area contributed by atoms with Gasteiger partial charge in [-0.2, -0.15) is 0 Å². The number of aromatic nitrogens is 5. The second-order valence-corrected chi connectivity index (χ2v) is 6.84. The van der Waals surface area contributed by atoms with E-state index < -0.39 is 0 Å². The summed E-state index contributed by atoms with van der Waals surface area (Å²) in [5.74, 6) is 1.85. The first-order chi connectivity index (χ1) is 12.6. The lowest BCUT2D eigenvalue weighted by Crippen LogP contribution is -2.31. The van der Waals surface area contributed by atoms with Gasteiger partial charge in [0, 0.05) is 68.9 Å². The standard InChI is InChI=1S/C19H22N6O/c1-14-10-22-17(16-4-3-6-20-11-16)25(14)13-15-5-8-24(12-15)19(26)18-21-7-9-23(18)2/h3-4,6-7,9-11,15H,5,8,12-13H2,1-2H3. The lowest BCUT2D eigenvalue weighted by Gasteiger charge is -2.18. The zero-order valence-corrected chi connectivity index (χ0v) is 15.0. The Morgan fingerprint density at radius 3 is 2.88 bits per heavy atom. The number of likely N-dealkylation sites (tertiary alicyclic amines) is 1. The zero-order chi connectivity index (χ0) is 18.1. The van der Waals surface area contributed by atoms with E-state index in [0.717, 1.165) is 43.1 Å². The molecule has 1 fully saturated rings. The van der Waals surface area contributed by atoms with Gasteiger partial charge in [-0.3, -0.25) is 9.78 Å². The van der Waals surface area contributed by atoms with Gasteiger partial charge in [-0.1, -0.05) is 0 Å². The van der Waals surface area contributed by atoms with Crippen molar-refractivity contribution in [3.63, 3.8) is 0 Å². The molecule has 134 valence electrons.